The minimum Gasteiger partial charge on any atom is -0.481 e. The Labute approximate surface area is 237 Å². The molecule has 1 aliphatic rings. The fourth-order valence-electron chi connectivity index (χ4n) is 5.72. The monoisotopic (exact) mass is 564 g/mol. The van der Waals surface area contributed by atoms with Crippen LogP contribution in [0.3, 0.4) is 0 Å². The van der Waals surface area contributed by atoms with Crippen LogP contribution in [0.2, 0.25) is 0 Å². The van der Waals surface area contributed by atoms with Crippen molar-refractivity contribution in [2.75, 3.05) is 20.1 Å². The van der Waals surface area contributed by atoms with Gasteiger partial charge in [0.2, 0.25) is 10.0 Å². The first-order valence-corrected chi connectivity index (χ1v) is 15.2. The van der Waals surface area contributed by atoms with E-state index in [-0.39, 0.29) is 23.4 Å². The number of aliphatic hydroxyl groups is 1. The number of carboxylic acid groups (broad SMARTS) is 1. The second kappa shape index (κ2) is 12.2. The molecule has 40 heavy (non-hydrogen) atoms. The third kappa shape index (κ3) is 7.37. The van der Waals surface area contributed by atoms with E-state index in [1.165, 1.54) is 22.5 Å². The summed E-state index contributed by atoms with van der Waals surface area (Å²) in [6.07, 6.45) is 2.20. The number of carboxylic acids is 1. The lowest BCUT2D eigenvalue weighted by Gasteiger charge is -2.31. The summed E-state index contributed by atoms with van der Waals surface area (Å²) in [4.78, 5) is 11.1. The highest BCUT2D eigenvalue weighted by atomic mass is 32.2. The Kier molecular flexibility index (Phi) is 9.15. The highest BCUT2D eigenvalue weighted by molar-refractivity contribution is 7.89. The molecule has 3 aromatic carbocycles. The minimum atomic E-state index is -3.80. The molecule has 0 radical (unpaired) electrons. The number of carbonyl (C=O) groups is 1. The van der Waals surface area contributed by atoms with Gasteiger partial charge in [0.1, 0.15) is 0 Å². The van der Waals surface area contributed by atoms with Crippen LogP contribution in [0.5, 0.6) is 0 Å². The van der Waals surface area contributed by atoms with Crippen LogP contribution in [-0.4, -0.2) is 60.7 Å². The van der Waals surface area contributed by atoms with Crippen molar-refractivity contribution in [3.05, 3.63) is 89.0 Å². The Hall–Kier alpha value is -3.04. The molecule has 0 unspecified atom stereocenters. The number of benzene rings is 3. The van der Waals surface area contributed by atoms with Gasteiger partial charge in [0.25, 0.3) is 0 Å². The van der Waals surface area contributed by atoms with E-state index in [4.69, 9.17) is 5.11 Å². The average molecular weight is 565 g/mol. The third-order valence-corrected chi connectivity index (χ3v) is 9.56. The van der Waals surface area contributed by atoms with Crippen LogP contribution in [-0.2, 0) is 34.1 Å². The summed E-state index contributed by atoms with van der Waals surface area (Å²) in [7, 11) is -2.31. The Balaban J connectivity index is 1.33. The maximum Gasteiger partial charge on any atom is 0.307 e. The van der Waals surface area contributed by atoms with Gasteiger partial charge in [0.05, 0.1) is 17.4 Å². The van der Waals surface area contributed by atoms with Gasteiger partial charge in [-0.25, -0.2) is 8.42 Å². The average Bonchev–Trinajstić information content (AvgIpc) is 3.29. The minimum absolute atomic E-state index is 0.0217. The first-order valence-electron chi connectivity index (χ1n) is 13.7. The van der Waals surface area contributed by atoms with Crippen molar-refractivity contribution in [1.29, 1.82) is 0 Å². The maximum atomic E-state index is 13.3. The number of nitrogens with one attached hydrogen (secondary N) is 1. The molecule has 0 spiro atoms. The van der Waals surface area contributed by atoms with E-state index in [0.717, 1.165) is 36.0 Å². The molecule has 214 valence electrons. The summed E-state index contributed by atoms with van der Waals surface area (Å²) in [6.45, 7) is 6.39. The van der Waals surface area contributed by atoms with Gasteiger partial charge in [-0.1, -0.05) is 54.6 Å². The Bertz CT molecular complexity index is 1430. The molecule has 0 aliphatic heterocycles. The fourth-order valence-corrected chi connectivity index (χ4v) is 7.01. The molecule has 4 rings (SSSR count). The summed E-state index contributed by atoms with van der Waals surface area (Å²) in [5.74, 6) is -0.336. The number of fused-ring (bicyclic) bond motifs is 1. The van der Waals surface area contributed by atoms with E-state index in [1.807, 2.05) is 19.1 Å². The van der Waals surface area contributed by atoms with E-state index >= 15 is 0 Å². The zero-order valence-electron chi connectivity index (χ0n) is 23.7. The zero-order valence-corrected chi connectivity index (χ0v) is 24.5. The number of aliphatic carboxylic acids is 1. The van der Waals surface area contributed by atoms with Crippen molar-refractivity contribution < 1.29 is 23.4 Å². The van der Waals surface area contributed by atoms with Crippen molar-refractivity contribution in [2.45, 2.75) is 63.0 Å². The number of aliphatic hydroxyl groups excluding tert-OH is 1. The molecule has 0 fully saturated rings. The van der Waals surface area contributed by atoms with Gasteiger partial charge in [-0.2, -0.15) is 4.31 Å². The van der Waals surface area contributed by atoms with E-state index in [1.54, 1.807) is 30.3 Å². The second-order valence-electron chi connectivity index (χ2n) is 11.7. The smallest absolute Gasteiger partial charge is 0.307 e. The number of aryl methyl sites for hydroxylation is 1. The summed E-state index contributed by atoms with van der Waals surface area (Å²) in [5, 5.41) is 23.1. The lowest BCUT2D eigenvalue weighted by molar-refractivity contribution is -0.136. The maximum absolute atomic E-state index is 13.3. The standard InChI is InChI=1S/C32H40N2O5S/c1-22-15-29(13-14-30(22)25-11-9-23(10-12-25)18-31(36)37)40(38,39)34(4)21-28(35)20-33-32(2,3)19-24-16-26-7-5-6-8-27(26)17-24/h5-15,24,28,33,35H,16-21H2,1-4H3,(H,36,37)/t28-/m0/s1. The van der Waals surface area contributed by atoms with Crippen molar-refractivity contribution in [1.82, 2.24) is 9.62 Å². The highest BCUT2D eigenvalue weighted by Gasteiger charge is 2.29. The largest absolute Gasteiger partial charge is 0.481 e. The van der Waals surface area contributed by atoms with Crippen molar-refractivity contribution in [2.24, 2.45) is 5.92 Å². The van der Waals surface area contributed by atoms with Crippen LogP contribution in [0, 0.1) is 12.8 Å². The number of rotatable bonds is 12. The molecule has 0 amide bonds. The predicted molar refractivity (Wildman–Crippen MR) is 158 cm³/mol. The second-order valence-corrected chi connectivity index (χ2v) is 13.7. The highest BCUT2D eigenvalue weighted by Crippen LogP contribution is 2.32. The van der Waals surface area contributed by atoms with Crippen LogP contribution in [0.15, 0.2) is 71.6 Å². The fraction of sp³-hybridized carbons (Fsp3) is 0.406. The summed E-state index contributed by atoms with van der Waals surface area (Å²) in [6, 6.07) is 20.8. The van der Waals surface area contributed by atoms with E-state index in [9.17, 15) is 18.3 Å². The van der Waals surface area contributed by atoms with Crippen LogP contribution >= 0.6 is 0 Å². The number of likely N-dealkylation sites (N-methyl/N-ethyl adjacent to an activating group) is 1. The Morgan fingerprint density at radius 1 is 1.05 bits per heavy atom. The molecule has 7 nitrogen and oxygen atoms in total. The number of hydrogen-bond donors (Lipinski definition) is 3. The molecule has 0 bridgehead atoms. The van der Waals surface area contributed by atoms with E-state index < -0.39 is 22.1 Å². The van der Waals surface area contributed by atoms with Crippen LogP contribution in [0.4, 0.5) is 0 Å². The molecular weight excluding hydrogens is 524 g/mol. The molecule has 3 N–H and O–H groups in total. The first kappa shape index (κ1) is 29.9. The first-order chi connectivity index (χ1) is 18.8. The van der Waals surface area contributed by atoms with Gasteiger partial charge >= 0.3 is 5.97 Å². The molecular formula is C32H40N2O5S. The third-order valence-electron chi connectivity index (χ3n) is 7.74. The van der Waals surface area contributed by atoms with E-state index in [2.05, 4.69) is 43.4 Å². The lowest BCUT2D eigenvalue weighted by atomic mass is 9.88. The Morgan fingerprint density at radius 2 is 1.68 bits per heavy atom. The van der Waals surface area contributed by atoms with Crippen LogP contribution in [0.25, 0.3) is 11.1 Å². The molecule has 0 heterocycles. The predicted octanol–water partition coefficient (Wildman–Crippen LogP) is 4.44. The normalized spacial score (nSPS) is 14.8. The number of nitrogens with zero attached hydrogens (tertiary/aromatic N) is 1. The lowest BCUT2D eigenvalue weighted by Crippen LogP contribution is -2.47. The number of hydrogen-bond acceptors (Lipinski definition) is 5. The van der Waals surface area contributed by atoms with Gasteiger partial charge in [0.15, 0.2) is 0 Å². The van der Waals surface area contributed by atoms with Gasteiger partial charge in [-0.05, 0) is 91.5 Å². The molecule has 3 aromatic rings. The molecule has 1 atom stereocenters. The molecule has 0 aromatic heterocycles. The van der Waals surface area contributed by atoms with Crippen LogP contribution in [0.1, 0.15) is 42.5 Å². The summed E-state index contributed by atoms with van der Waals surface area (Å²) < 4.78 is 27.8. The molecule has 1 aliphatic carbocycles. The summed E-state index contributed by atoms with van der Waals surface area (Å²) in [5.41, 5.74) is 5.91. The van der Waals surface area contributed by atoms with E-state index in [0.29, 0.717) is 18.0 Å². The van der Waals surface area contributed by atoms with Gasteiger partial charge in [-0.3, -0.25) is 4.79 Å². The van der Waals surface area contributed by atoms with Gasteiger partial charge < -0.3 is 15.5 Å². The topological polar surface area (TPSA) is 107 Å². The Morgan fingerprint density at radius 3 is 2.25 bits per heavy atom. The quantitative estimate of drug-likeness (QED) is 0.300. The SMILES string of the molecule is Cc1cc(S(=O)(=O)N(C)C[C@@H](O)CNC(C)(C)CC2Cc3ccccc3C2)ccc1-c1ccc(CC(=O)O)cc1. The zero-order chi connectivity index (χ0) is 29.1. The summed E-state index contributed by atoms with van der Waals surface area (Å²) >= 11 is 0. The van der Waals surface area contributed by atoms with Gasteiger partial charge in [-0.15, -0.1) is 0 Å². The van der Waals surface area contributed by atoms with Gasteiger partial charge in [0, 0.05) is 25.7 Å². The number of β-amino-alcohol motifs (C(OH)–C–C–N with tert-alkyl or cyclic N) is 1. The number of sulfonamides is 1. The van der Waals surface area contributed by atoms with Crippen molar-refractivity contribution in [3.8, 4) is 11.1 Å². The van der Waals surface area contributed by atoms with Crippen molar-refractivity contribution in [3.63, 3.8) is 0 Å². The van der Waals surface area contributed by atoms with Crippen molar-refractivity contribution >= 4 is 16.0 Å². The van der Waals surface area contributed by atoms with Crippen LogP contribution < -0.4 is 5.32 Å². The molecule has 0 saturated carbocycles. The molecule has 0 saturated heterocycles. The molecule has 8 heteroatoms.